The summed E-state index contributed by atoms with van der Waals surface area (Å²) in [6.07, 6.45) is 14.1. The van der Waals surface area contributed by atoms with Crippen molar-refractivity contribution in [2.24, 2.45) is 0 Å². The Hall–Kier alpha value is -0.740. The fourth-order valence-corrected chi connectivity index (χ4v) is 1.16. The summed E-state index contributed by atoms with van der Waals surface area (Å²) in [5.41, 5.74) is 0. The van der Waals surface area contributed by atoms with Gasteiger partial charge < -0.3 is 5.32 Å². The Morgan fingerprint density at radius 1 is 1.15 bits per heavy atom. The minimum atomic E-state index is 0.892. The summed E-state index contributed by atoms with van der Waals surface area (Å²) in [7, 11) is 0. The van der Waals surface area contributed by atoms with Crippen LogP contribution in [-0.2, 0) is 0 Å². The molecule has 0 bridgehead atoms. The first-order valence-corrected chi connectivity index (χ1v) is 5.17. The Morgan fingerprint density at radius 3 is 2.62 bits per heavy atom. The highest BCUT2D eigenvalue weighted by Crippen LogP contribution is 1.98. The van der Waals surface area contributed by atoms with E-state index in [4.69, 9.17) is 6.42 Å². The lowest BCUT2D eigenvalue weighted by atomic mass is 10.2. The molecule has 0 aliphatic rings. The number of terminal acetylenes is 1. The molecule has 0 rings (SSSR count). The quantitative estimate of drug-likeness (QED) is 0.326. The van der Waals surface area contributed by atoms with Crippen molar-refractivity contribution in [3.8, 4) is 12.3 Å². The van der Waals surface area contributed by atoms with Crippen LogP contribution in [0.4, 0.5) is 0 Å². The van der Waals surface area contributed by atoms with Crippen LogP contribution in [0.2, 0.25) is 0 Å². The summed E-state index contributed by atoms with van der Waals surface area (Å²) in [6, 6.07) is 0. The average molecular weight is 179 g/mol. The van der Waals surface area contributed by atoms with Crippen LogP contribution < -0.4 is 5.32 Å². The van der Waals surface area contributed by atoms with E-state index in [1.165, 1.54) is 19.3 Å². The van der Waals surface area contributed by atoms with Crippen molar-refractivity contribution in [2.45, 2.75) is 38.5 Å². The summed E-state index contributed by atoms with van der Waals surface area (Å²) in [5, 5.41) is 3.38. The lowest BCUT2D eigenvalue weighted by Crippen LogP contribution is -2.16. The normalized spacial score (nSPS) is 9.46. The molecule has 0 aromatic carbocycles. The van der Waals surface area contributed by atoms with E-state index in [0.29, 0.717) is 0 Å². The molecule has 0 spiro atoms. The maximum atomic E-state index is 5.14. The lowest BCUT2D eigenvalue weighted by Gasteiger charge is -2.02. The highest BCUT2D eigenvalue weighted by atomic mass is 14.8. The molecule has 0 aromatic rings. The zero-order valence-electron chi connectivity index (χ0n) is 8.52. The third-order valence-electron chi connectivity index (χ3n) is 1.94. The van der Waals surface area contributed by atoms with Gasteiger partial charge in [-0.05, 0) is 38.8 Å². The van der Waals surface area contributed by atoms with Crippen LogP contribution in [0.15, 0.2) is 12.7 Å². The number of hydrogen-bond acceptors (Lipinski definition) is 1. The Bertz CT molecular complexity index is 144. The molecule has 1 nitrogen and oxygen atoms in total. The molecular formula is C12H21N. The van der Waals surface area contributed by atoms with E-state index in [0.717, 1.165) is 32.4 Å². The van der Waals surface area contributed by atoms with Gasteiger partial charge in [0.25, 0.3) is 0 Å². The van der Waals surface area contributed by atoms with Gasteiger partial charge in [0.05, 0.1) is 0 Å². The third kappa shape index (κ3) is 11.3. The Balaban J connectivity index is 2.84. The van der Waals surface area contributed by atoms with E-state index in [1.54, 1.807) is 0 Å². The standard InChI is InChI=1S/C12H21N/c1-3-5-7-8-10-12-13-11-9-6-4-2/h2-3,13H,1,5-12H2. The number of unbranched alkanes of at least 4 members (excludes halogenated alkanes) is 4. The van der Waals surface area contributed by atoms with Gasteiger partial charge in [-0.3, -0.25) is 0 Å². The summed E-state index contributed by atoms with van der Waals surface area (Å²) in [5.74, 6) is 2.64. The van der Waals surface area contributed by atoms with Crippen molar-refractivity contribution in [3.63, 3.8) is 0 Å². The van der Waals surface area contributed by atoms with Crippen LogP contribution >= 0.6 is 0 Å². The predicted molar refractivity (Wildman–Crippen MR) is 59.6 cm³/mol. The second-order valence-electron chi connectivity index (χ2n) is 3.20. The van der Waals surface area contributed by atoms with Crippen LogP contribution in [0.3, 0.4) is 0 Å². The molecule has 0 aliphatic heterocycles. The summed E-state index contributed by atoms with van der Waals surface area (Å²) >= 11 is 0. The molecule has 0 heterocycles. The SMILES string of the molecule is C#CCCCNCCCCCC=C. The van der Waals surface area contributed by atoms with Gasteiger partial charge in [0.15, 0.2) is 0 Å². The predicted octanol–water partition coefficient (Wildman–Crippen LogP) is 2.74. The van der Waals surface area contributed by atoms with Crippen LogP contribution in [0, 0.1) is 12.3 Å². The van der Waals surface area contributed by atoms with Crippen molar-refractivity contribution in [3.05, 3.63) is 12.7 Å². The zero-order chi connectivity index (χ0) is 9.78. The van der Waals surface area contributed by atoms with Crippen molar-refractivity contribution in [2.75, 3.05) is 13.1 Å². The minimum absolute atomic E-state index is 0.892. The maximum Gasteiger partial charge on any atom is 0.00981 e. The first-order chi connectivity index (χ1) is 6.41. The zero-order valence-corrected chi connectivity index (χ0v) is 8.52. The van der Waals surface area contributed by atoms with E-state index in [1.807, 2.05) is 6.08 Å². The van der Waals surface area contributed by atoms with E-state index in [2.05, 4.69) is 17.8 Å². The van der Waals surface area contributed by atoms with E-state index < -0.39 is 0 Å². The smallest absolute Gasteiger partial charge is 0.00981 e. The lowest BCUT2D eigenvalue weighted by molar-refractivity contribution is 0.595. The molecule has 0 saturated heterocycles. The molecule has 74 valence electrons. The second-order valence-corrected chi connectivity index (χ2v) is 3.20. The summed E-state index contributed by atoms with van der Waals surface area (Å²) in [6.45, 7) is 5.88. The van der Waals surface area contributed by atoms with Gasteiger partial charge in [0, 0.05) is 6.42 Å². The Kier molecular flexibility index (Phi) is 10.6. The van der Waals surface area contributed by atoms with E-state index >= 15 is 0 Å². The molecule has 0 aliphatic carbocycles. The summed E-state index contributed by atoms with van der Waals surface area (Å²) < 4.78 is 0. The first-order valence-electron chi connectivity index (χ1n) is 5.17. The number of hydrogen-bond donors (Lipinski definition) is 1. The monoisotopic (exact) mass is 179 g/mol. The molecule has 0 radical (unpaired) electrons. The van der Waals surface area contributed by atoms with Crippen molar-refractivity contribution >= 4 is 0 Å². The van der Waals surface area contributed by atoms with Gasteiger partial charge in [-0.1, -0.05) is 12.5 Å². The highest BCUT2D eigenvalue weighted by molar-refractivity contribution is 4.83. The fourth-order valence-electron chi connectivity index (χ4n) is 1.16. The highest BCUT2D eigenvalue weighted by Gasteiger charge is 1.88. The van der Waals surface area contributed by atoms with Crippen LogP contribution in [0.5, 0.6) is 0 Å². The van der Waals surface area contributed by atoms with Gasteiger partial charge in [-0.25, -0.2) is 0 Å². The van der Waals surface area contributed by atoms with Crippen molar-refractivity contribution in [1.82, 2.24) is 5.32 Å². The second kappa shape index (κ2) is 11.3. The molecule has 13 heavy (non-hydrogen) atoms. The molecule has 0 unspecified atom stereocenters. The summed E-state index contributed by atoms with van der Waals surface area (Å²) in [4.78, 5) is 0. The molecule has 1 heteroatoms. The molecule has 0 amide bonds. The molecule has 0 aromatic heterocycles. The number of nitrogens with one attached hydrogen (secondary N) is 1. The van der Waals surface area contributed by atoms with Crippen LogP contribution in [0.1, 0.15) is 38.5 Å². The average Bonchev–Trinajstić information content (AvgIpc) is 2.16. The molecule has 0 atom stereocenters. The molecule has 0 saturated carbocycles. The van der Waals surface area contributed by atoms with Gasteiger partial charge in [0.1, 0.15) is 0 Å². The minimum Gasteiger partial charge on any atom is -0.317 e. The van der Waals surface area contributed by atoms with E-state index in [-0.39, 0.29) is 0 Å². The first kappa shape index (κ1) is 12.3. The number of allylic oxidation sites excluding steroid dienone is 1. The van der Waals surface area contributed by atoms with Crippen molar-refractivity contribution in [1.29, 1.82) is 0 Å². The largest absolute Gasteiger partial charge is 0.317 e. The Morgan fingerprint density at radius 2 is 1.92 bits per heavy atom. The van der Waals surface area contributed by atoms with Gasteiger partial charge in [-0.15, -0.1) is 18.9 Å². The topological polar surface area (TPSA) is 12.0 Å². The third-order valence-corrected chi connectivity index (χ3v) is 1.94. The number of rotatable bonds is 9. The molecular weight excluding hydrogens is 158 g/mol. The van der Waals surface area contributed by atoms with E-state index in [9.17, 15) is 0 Å². The fraction of sp³-hybridized carbons (Fsp3) is 0.667. The van der Waals surface area contributed by atoms with Gasteiger partial charge in [-0.2, -0.15) is 0 Å². The van der Waals surface area contributed by atoms with Crippen LogP contribution in [0.25, 0.3) is 0 Å². The van der Waals surface area contributed by atoms with Gasteiger partial charge in [0.2, 0.25) is 0 Å². The van der Waals surface area contributed by atoms with Crippen LogP contribution in [-0.4, -0.2) is 13.1 Å². The van der Waals surface area contributed by atoms with Gasteiger partial charge >= 0.3 is 0 Å². The van der Waals surface area contributed by atoms with Crippen molar-refractivity contribution < 1.29 is 0 Å². The molecule has 1 N–H and O–H groups in total. The maximum absolute atomic E-state index is 5.14. The molecule has 0 fully saturated rings. The Labute approximate surface area is 82.6 Å².